The van der Waals surface area contributed by atoms with Crippen LogP contribution in [0.2, 0.25) is 5.02 Å². The molecule has 0 bridgehead atoms. The maximum absolute atomic E-state index is 5.85. The van der Waals surface area contributed by atoms with Gasteiger partial charge in [-0.2, -0.15) is 0 Å². The topological polar surface area (TPSA) is 35.1 Å². The number of halogens is 2. The van der Waals surface area contributed by atoms with Gasteiger partial charge in [-0.1, -0.05) is 11.6 Å². The Morgan fingerprint density at radius 3 is 2.72 bits per heavy atom. The van der Waals surface area contributed by atoms with Crippen LogP contribution in [0.5, 0.6) is 5.75 Å². The molecule has 0 aliphatic rings. The molecule has 0 unspecified atom stereocenters. The molecule has 1 aromatic carbocycles. The molecule has 3 nitrogen and oxygen atoms in total. The summed E-state index contributed by atoms with van der Waals surface area (Å²) in [5, 5.41) is 2.94. The lowest BCUT2D eigenvalue weighted by molar-refractivity contribution is -0.684. The highest BCUT2D eigenvalue weighted by molar-refractivity contribution is 9.10. The van der Waals surface area contributed by atoms with Crippen LogP contribution in [-0.2, 0) is 4.74 Å². The van der Waals surface area contributed by atoms with Gasteiger partial charge in [0.05, 0.1) is 30.3 Å². The van der Waals surface area contributed by atoms with Gasteiger partial charge in [-0.15, -0.1) is 0 Å². The van der Waals surface area contributed by atoms with Crippen molar-refractivity contribution in [2.45, 2.75) is 19.9 Å². The van der Waals surface area contributed by atoms with Crippen molar-refractivity contribution in [1.82, 2.24) is 0 Å². The molecular weight excluding hydrogens is 318 g/mol. The summed E-state index contributed by atoms with van der Waals surface area (Å²) in [7, 11) is 0. The van der Waals surface area contributed by atoms with Crippen LogP contribution < -0.4 is 10.1 Å². The first-order valence-corrected chi connectivity index (χ1v) is 7.25. The Kier molecular flexibility index (Phi) is 7.66. The largest absolute Gasteiger partial charge is 0.490 e. The second-order valence-corrected chi connectivity index (χ2v) is 5.59. The highest BCUT2D eigenvalue weighted by atomic mass is 79.9. The van der Waals surface area contributed by atoms with Crippen LogP contribution in [0.1, 0.15) is 13.8 Å². The molecule has 0 saturated carbocycles. The molecule has 0 aliphatic heterocycles. The predicted octanol–water partition coefficient (Wildman–Crippen LogP) is 2.47. The Morgan fingerprint density at radius 1 is 1.28 bits per heavy atom. The van der Waals surface area contributed by atoms with E-state index in [1.807, 2.05) is 12.1 Å². The van der Waals surface area contributed by atoms with E-state index >= 15 is 0 Å². The molecule has 2 N–H and O–H groups in total. The van der Waals surface area contributed by atoms with Crippen molar-refractivity contribution < 1.29 is 14.8 Å². The van der Waals surface area contributed by atoms with Gasteiger partial charge in [0.2, 0.25) is 0 Å². The molecule has 0 saturated heterocycles. The van der Waals surface area contributed by atoms with E-state index in [-0.39, 0.29) is 0 Å². The Hall–Kier alpha value is -0.290. The van der Waals surface area contributed by atoms with E-state index in [0.717, 1.165) is 23.4 Å². The van der Waals surface area contributed by atoms with E-state index in [1.54, 1.807) is 6.07 Å². The molecule has 0 amide bonds. The van der Waals surface area contributed by atoms with Crippen LogP contribution in [0.15, 0.2) is 22.7 Å². The number of rotatable bonds is 8. The number of benzene rings is 1. The Bertz CT molecular complexity index is 361. The SMILES string of the molecule is CC(C)[NH2+]CCOCCOc1ccc(Cl)cc1Br. The second-order valence-electron chi connectivity index (χ2n) is 4.30. The summed E-state index contributed by atoms with van der Waals surface area (Å²) in [6.07, 6.45) is 0. The summed E-state index contributed by atoms with van der Waals surface area (Å²) in [5.74, 6) is 0.789. The van der Waals surface area contributed by atoms with Gasteiger partial charge in [-0.05, 0) is 48.0 Å². The van der Waals surface area contributed by atoms with Crippen LogP contribution in [0.25, 0.3) is 0 Å². The highest BCUT2D eigenvalue weighted by Crippen LogP contribution is 2.27. The lowest BCUT2D eigenvalue weighted by Crippen LogP contribution is -2.89. The molecule has 0 fully saturated rings. The molecule has 0 aromatic heterocycles. The van der Waals surface area contributed by atoms with Crippen molar-refractivity contribution in [2.24, 2.45) is 0 Å². The minimum absolute atomic E-state index is 0.544. The van der Waals surface area contributed by atoms with Crippen LogP contribution in [-0.4, -0.2) is 32.4 Å². The zero-order chi connectivity index (χ0) is 13.4. The Morgan fingerprint density at radius 2 is 2.06 bits per heavy atom. The average molecular weight is 338 g/mol. The minimum atomic E-state index is 0.544. The van der Waals surface area contributed by atoms with E-state index in [2.05, 4.69) is 35.1 Å². The van der Waals surface area contributed by atoms with Gasteiger partial charge < -0.3 is 14.8 Å². The van der Waals surface area contributed by atoms with Gasteiger partial charge in [0.1, 0.15) is 12.4 Å². The van der Waals surface area contributed by atoms with Gasteiger partial charge in [-0.3, -0.25) is 0 Å². The molecule has 0 atom stereocenters. The number of hydrogen-bond acceptors (Lipinski definition) is 2. The Balaban J connectivity index is 2.11. The average Bonchev–Trinajstić information content (AvgIpc) is 2.30. The first kappa shape index (κ1) is 15.8. The maximum Gasteiger partial charge on any atom is 0.133 e. The fourth-order valence-corrected chi connectivity index (χ4v) is 2.19. The quantitative estimate of drug-likeness (QED) is 0.740. The summed E-state index contributed by atoms with van der Waals surface area (Å²) in [6.45, 7) is 7.22. The zero-order valence-corrected chi connectivity index (χ0v) is 13.1. The summed E-state index contributed by atoms with van der Waals surface area (Å²) in [5.41, 5.74) is 0. The lowest BCUT2D eigenvalue weighted by Gasteiger charge is -2.09. The summed E-state index contributed by atoms with van der Waals surface area (Å²) >= 11 is 9.25. The fourth-order valence-electron chi connectivity index (χ4n) is 1.39. The molecule has 0 radical (unpaired) electrons. The molecule has 0 aliphatic carbocycles. The minimum Gasteiger partial charge on any atom is -0.490 e. The van der Waals surface area contributed by atoms with Gasteiger partial charge in [-0.25, -0.2) is 0 Å². The molecule has 1 aromatic rings. The molecule has 0 spiro atoms. The van der Waals surface area contributed by atoms with Crippen molar-refractivity contribution in [3.63, 3.8) is 0 Å². The normalized spacial score (nSPS) is 10.9. The van der Waals surface area contributed by atoms with Gasteiger partial charge in [0.15, 0.2) is 0 Å². The molecule has 1 rings (SSSR count). The van der Waals surface area contributed by atoms with E-state index < -0.39 is 0 Å². The van der Waals surface area contributed by atoms with Crippen LogP contribution in [0.3, 0.4) is 0 Å². The number of ether oxygens (including phenoxy) is 2. The molecule has 5 heteroatoms. The third-order valence-electron chi connectivity index (χ3n) is 2.28. The van der Waals surface area contributed by atoms with Crippen molar-refractivity contribution in [1.29, 1.82) is 0 Å². The van der Waals surface area contributed by atoms with E-state index in [0.29, 0.717) is 24.3 Å². The monoisotopic (exact) mass is 336 g/mol. The van der Waals surface area contributed by atoms with E-state index in [4.69, 9.17) is 21.1 Å². The van der Waals surface area contributed by atoms with E-state index in [1.165, 1.54) is 0 Å². The number of hydrogen-bond donors (Lipinski definition) is 1. The number of quaternary nitrogens is 1. The van der Waals surface area contributed by atoms with Crippen molar-refractivity contribution in [3.8, 4) is 5.75 Å². The van der Waals surface area contributed by atoms with Crippen molar-refractivity contribution in [3.05, 3.63) is 27.7 Å². The molecular formula is C13H20BrClNO2+. The summed E-state index contributed by atoms with van der Waals surface area (Å²) < 4.78 is 11.9. The van der Waals surface area contributed by atoms with Crippen LogP contribution >= 0.6 is 27.5 Å². The third kappa shape index (κ3) is 6.59. The van der Waals surface area contributed by atoms with Gasteiger partial charge in [0.25, 0.3) is 0 Å². The van der Waals surface area contributed by atoms with Crippen LogP contribution in [0, 0.1) is 0 Å². The molecule has 18 heavy (non-hydrogen) atoms. The fraction of sp³-hybridized carbons (Fsp3) is 0.538. The molecule has 102 valence electrons. The standard InChI is InChI=1S/C13H19BrClNO2/c1-10(2)16-5-6-17-7-8-18-13-4-3-11(15)9-12(13)14/h3-4,9-10,16H,5-8H2,1-2H3/p+1. The van der Waals surface area contributed by atoms with Crippen molar-refractivity contribution >= 4 is 27.5 Å². The first-order chi connectivity index (χ1) is 8.59. The lowest BCUT2D eigenvalue weighted by atomic mass is 10.3. The third-order valence-corrected chi connectivity index (χ3v) is 3.13. The van der Waals surface area contributed by atoms with E-state index in [9.17, 15) is 0 Å². The van der Waals surface area contributed by atoms with Crippen molar-refractivity contribution in [2.75, 3.05) is 26.4 Å². The maximum atomic E-state index is 5.85. The summed E-state index contributed by atoms with van der Waals surface area (Å²) in [6, 6.07) is 6.09. The number of nitrogens with two attached hydrogens (primary N) is 1. The van der Waals surface area contributed by atoms with Gasteiger partial charge in [0, 0.05) is 5.02 Å². The second kappa shape index (κ2) is 8.75. The van der Waals surface area contributed by atoms with Crippen LogP contribution in [0.4, 0.5) is 0 Å². The Labute approximate surface area is 122 Å². The summed E-state index contributed by atoms with van der Waals surface area (Å²) in [4.78, 5) is 0. The smallest absolute Gasteiger partial charge is 0.133 e. The molecule has 0 heterocycles. The highest BCUT2D eigenvalue weighted by Gasteiger charge is 2.01. The van der Waals surface area contributed by atoms with Gasteiger partial charge >= 0.3 is 0 Å². The zero-order valence-electron chi connectivity index (χ0n) is 10.8. The first-order valence-electron chi connectivity index (χ1n) is 6.08. The predicted molar refractivity (Wildman–Crippen MR) is 77.4 cm³/mol.